The molecule has 0 radical (unpaired) electrons. The molecule has 2 N–H and O–H groups in total. The van der Waals surface area contributed by atoms with Crippen LogP contribution in [-0.4, -0.2) is 26.6 Å². The van der Waals surface area contributed by atoms with E-state index in [1.165, 1.54) is 49.6 Å². The standard InChI is InChI=1S/C20H15F2NO5S/c1-28-18-11-14(20(24)25)4-8-17(18)23-29(26,27)19-9-5-13(10-16(19)22)12-2-6-15(21)7-3-12/h2-11,23H,1H3,(H,24,25). The molecule has 0 aliphatic heterocycles. The number of hydrogen-bond donors (Lipinski definition) is 2. The summed E-state index contributed by atoms with van der Waals surface area (Å²) in [6, 6.07) is 12.4. The number of nitrogens with one attached hydrogen (secondary N) is 1. The molecule has 150 valence electrons. The smallest absolute Gasteiger partial charge is 0.335 e. The highest BCUT2D eigenvalue weighted by molar-refractivity contribution is 7.92. The fraction of sp³-hybridized carbons (Fsp3) is 0.0500. The number of sulfonamides is 1. The van der Waals surface area contributed by atoms with Gasteiger partial charge in [-0.2, -0.15) is 0 Å². The van der Waals surface area contributed by atoms with E-state index in [2.05, 4.69) is 4.72 Å². The van der Waals surface area contributed by atoms with Crippen LogP contribution in [-0.2, 0) is 10.0 Å². The predicted octanol–water partition coefficient (Wildman–Crippen LogP) is 4.14. The van der Waals surface area contributed by atoms with E-state index < -0.39 is 32.5 Å². The molecule has 3 rings (SSSR count). The number of halogens is 2. The van der Waals surface area contributed by atoms with Gasteiger partial charge in [-0.05, 0) is 53.6 Å². The predicted molar refractivity (Wildman–Crippen MR) is 103 cm³/mol. The lowest BCUT2D eigenvalue weighted by molar-refractivity contribution is 0.0696. The average Bonchev–Trinajstić information content (AvgIpc) is 2.68. The van der Waals surface area contributed by atoms with Crippen molar-refractivity contribution in [2.45, 2.75) is 4.90 Å². The van der Waals surface area contributed by atoms with Gasteiger partial charge >= 0.3 is 5.97 Å². The number of aromatic carboxylic acids is 1. The molecule has 0 bridgehead atoms. The van der Waals surface area contributed by atoms with E-state index >= 15 is 0 Å². The normalized spacial score (nSPS) is 11.1. The Balaban J connectivity index is 1.94. The van der Waals surface area contributed by atoms with Gasteiger partial charge in [-0.1, -0.05) is 18.2 Å². The second kappa shape index (κ2) is 7.88. The minimum atomic E-state index is -4.33. The second-order valence-electron chi connectivity index (χ2n) is 5.98. The van der Waals surface area contributed by atoms with E-state index in [1.807, 2.05) is 0 Å². The topological polar surface area (TPSA) is 92.7 Å². The molecule has 0 aromatic heterocycles. The van der Waals surface area contributed by atoms with Crippen LogP contribution in [0.1, 0.15) is 10.4 Å². The van der Waals surface area contributed by atoms with Crippen LogP contribution in [0.4, 0.5) is 14.5 Å². The average molecular weight is 419 g/mol. The summed E-state index contributed by atoms with van der Waals surface area (Å²) in [6.07, 6.45) is 0. The summed E-state index contributed by atoms with van der Waals surface area (Å²) in [5, 5.41) is 9.01. The Bertz CT molecular complexity index is 1180. The molecule has 0 saturated carbocycles. The van der Waals surface area contributed by atoms with E-state index in [9.17, 15) is 22.0 Å². The summed E-state index contributed by atoms with van der Waals surface area (Å²) in [5.41, 5.74) is 0.761. The monoisotopic (exact) mass is 419 g/mol. The van der Waals surface area contributed by atoms with Crippen LogP contribution in [0.25, 0.3) is 11.1 Å². The van der Waals surface area contributed by atoms with Gasteiger partial charge in [0, 0.05) is 0 Å². The minimum Gasteiger partial charge on any atom is -0.495 e. The molecule has 0 spiro atoms. The van der Waals surface area contributed by atoms with Crippen molar-refractivity contribution in [2.24, 2.45) is 0 Å². The van der Waals surface area contributed by atoms with Gasteiger partial charge in [0.15, 0.2) is 0 Å². The Kier molecular flexibility index (Phi) is 5.51. The molecule has 0 saturated heterocycles. The Morgan fingerprint density at radius 1 is 0.966 bits per heavy atom. The molecular weight excluding hydrogens is 404 g/mol. The van der Waals surface area contributed by atoms with Gasteiger partial charge in [-0.3, -0.25) is 4.72 Å². The van der Waals surface area contributed by atoms with Crippen LogP contribution in [0.3, 0.4) is 0 Å². The fourth-order valence-electron chi connectivity index (χ4n) is 2.65. The highest BCUT2D eigenvalue weighted by atomic mass is 32.2. The van der Waals surface area contributed by atoms with E-state index in [-0.39, 0.29) is 17.0 Å². The van der Waals surface area contributed by atoms with Crippen LogP contribution in [0.5, 0.6) is 5.75 Å². The summed E-state index contributed by atoms with van der Waals surface area (Å²) in [6.45, 7) is 0. The first-order valence-corrected chi connectivity index (χ1v) is 9.69. The lowest BCUT2D eigenvalue weighted by Gasteiger charge is -2.13. The molecule has 0 aliphatic carbocycles. The highest BCUT2D eigenvalue weighted by Gasteiger charge is 2.22. The third-order valence-electron chi connectivity index (χ3n) is 4.09. The SMILES string of the molecule is COc1cc(C(=O)O)ccc1NS(=O)(=O)c1ccc(-c2ccc(F)cc2)cc1F. The number of rotatable bonds is 6. The highest BCUT2D eigenvalue weighted by Crippen LogP contribution is 2.30. The van der Waals surface area contributed by atoms with E-state index in [4.69, 9.17) is 9.84 Å². The summed E-state index contributed by atoms with van der Waals surface area (Å²) in [4.78, 5) is 10.4. The van der Waals surface area contributed by atoms with Crippen LogP contribution < -0.4 is 9.46 Å². The van der Waals surface area contributed by atoms with Crippen LogP contribution in [0.2, 0.25) is 0 Å². The number of anilines is 1. The molecule has 0 aliphatic rings. The largest absolute Gasteiger partial charge is 0.495 e. The minimum absolute atomic E-state index is 0.0307. The Morgan fingerprint density at radius 2 is 1.62 bits per heavy atom. The van der Waals surface area contributed by atoms with Crippen molar-refractivity contribution < 1.29 is 31.8 Å². The van der Waals surface area contributed by atoms with Crippen molar-refractivity contribution in [3.8, 4) is 16.9 Å². The fourth-order valence-corrected chi connectivity index (χ4v) is 3.78. The van der Waals surface area contributed by atoms with Gasteiger partial charge in [0.25, 0.3) is 10.0 Å². The Morgan fingerprint density at radius 3 is 2.21 bits per heavy atom. The molecule has 9 heteroatoms. The number of carboxylic acid groups (broad SMARTS) is 1. The lowest BCUT2D eigenvalue weighted by Crippen LogP contribution is -2.15. The number of ether oxygens (including phenoxy) is 1. The van der Waals surface area contributed by atoms with Crippen molar-refractivity contribution in [1.29, 1.82) is 0 Å². The third kappa shape index (κ3) is 4.35. The van der Waals surface area contributed by atoms with Gasteiger partial charge in [0.05, 0.1) is 18.4 Å². The molecule has 6 nitrogen and oxygen atoms in total. The van der Waals surface area contributed by atoms with E-state index in [0.29, 0.717) is 11.1 Å². The Hall–Kier alpha value is -3.46. The first-order chi connectivity index (χ1) is 13.7. The van der Waals surface area contributed by atoms with Crippen molar-refractivity contribution in [3.63, 3.8) is 0 Å². The summed E-state index contributed by atoms with van der Waals surface area (Å²) in [7, 11) is -3.08. The zero-order valence-electron chi connectivity index (χ0n) is 15.0. The molecule has 0 amide bonds. The molecule has 3 aromatic carbocycles. The van der Waals surface area contributed by atoms with Crippen molar-refractivity contribution in [2.75, 3.05) is 11.8 Å². The molecule has 0 unspecified atom stereocenters. The van der Waals surface area contributed by atoms with Crippen LogP contribution in [0.15, 0.2) is 65.6 Å². The zero-order valence-corrected chi connectivity index (χ0v) is 15.8. The van der Waals surface area contributed by atoms with Crippen LogP contribution >= 0.6 is 0 Å². The first-order valence-electron chi connectivity index (χ1n) is 8.21. The molecule has 0 fully saturated rings. The maximum atomic E-state index is 14.6. The first kappa shape index (κ1) is 20.3. The molecule has 29 heavy (non-hydrogen) atoms. The third-order valence-corrected chi connectivity index (χ3v) is 5.49. The number of hydrogen-bond acceptors (Lipinski definition) is 4. The maximum Gasteiger partial charge on any atom is 0.335 e. The quantitative estimate of drug-likeness (QED) is 0.627. The Labute approximate surface area is 165 Å². The van der Waals surface area contributed by atoms with Gasteiger partial charge in [0.2, 0.25) is 0 Å². The summed E-state index contributed by atoms with van der Waals surface area (Å²) < 4.78 is 60.1. The number of benzene rings is 3. The van der Waals surface area contributed by atoms with Crippen LogP contribution in [0, 0.1) is 11.6 Å². The molecular formula is C20H15F2NO5S. The van der Waals surface area contributed by atoms with E-state index in [0.717, 1.165) is 18.2 Å². The van der Waals surface area contributed by atoms with Crippen molar-refractivity contribution in [1.82, 2.24) is 0 Å². The molecule has 3 aromatic rings. The van der Waals surface area contributed by atoms with Crippen molar-refractivity contribution >= 4 is 21.7 Å². The lowest BCUT2D eigenvalue weighted by atomic mass is 10.1. The summed E-state index contributed by atoms with van der Waals surface area (Å²) in [5.74, 6) is -2.68. The van der Waals surface area contributed by atoms with Crippen molar-refractivity contribution in [3.05, 3.63) is 77.9 Å². The second-order valence-corrected chi connectivity index (χ2v) is 7.63. The zero-order chi connectivity index (χ0) is 21.2. The summed E-state index contributed by atoms with van der Waals surface area (Å²) >= 11 is 0. The maximum absolute atomic E-state index is 14.6. The van der Waals surface area contributed by atoms with Gasteiger partial charge < -0.3 is 9.84 Å². The molecule has 0 atom stereocenters. The molecule has 0 heterocycles. The van der Waals surface area contributed by atoms with Gasteiger partial charge in [-0.25, -0.2) is 22.0 Å². The number of methoxy groups -OCH3 is 1. The number of carboxylic acids is 1. The van der Waals surface area contributed by atoms with Gasteiger partial charge in [-0.15, -0.1) is 0 Å². The number of carbonyl (C=O) groups is 1. The van der Waals surface area contributed by atoms with Gasteiger partial charge in [0.1, 0.15) is 22.3 Å². The van der Waals surface area contributed by atoms with E-state index in [1.54, 1.807) is 0 Å².